The summed E-state index contributed by atoms with van der Waals surface area (Å²) < 4.78 is 45.8. The molecule has 0 saturated carbocycles. The minimum atomic E-state index is -4.70. The minimum Gasteiger partial charge on any atom is -0.497 e. The Bertz CT molecular complexity index is 517. The minimum absolute atomic E-state index is 0.00414. The van der Waals surface area contributed by atoms with Crippen LogP contribution >= 0.6 is 0 Å². The molecule has 0 spiro atoms. The van der Waals surface area contributed by atoms with Gasteiger partial charge in [0.1, 0.15) is 18.1 Å². The Balaban J connectivity index is 2.35. The van der Waals surface area contributed by atoms with Gasteiger partial charge in [0.2, 0.25) is 0 Å². The number of benzene rings is 1. The number of hydrogen-bond acceptors (Lipinski definition) is 4. The van der Waals surface area contributed by atoms with Crippen molar-refractivity contribution in [1.82, 2.24) is 4.31 Å². The van der Waals surface area contributed by atoms with Crippen LogP contribution in [0.1, 0.15) is 5.56 Å². The summed E-state index contributed by atoms with van der Waals surface area (Å²) in [5.74, 6) is 1.13. The standard InChI is InChI=1S/C10H12FNO4S/c1-15-9-2-3-10-8(6-9)7-12(4-5-16-10)17(11,13)14/h2-3,6H,4-5,7H2,1H3. The van der Waals surface area contributed by atoms with E-state index < -0.39 is 10.4 Å². The van der Waals surface area contributed by atoms with Gasteiger partial charge in [-0.25, -0.2) is 0 Å². The molecule has 1 aromatic rings. The van der Waals surface area contributed by atoms with Gasteiger partial charge in [0.05, 0.1) is 13.7 Å². The molecule has 17 heavy (non-hydrogen) atoms. The highest BCUT2D eigenvalue weighted by Gasteiger charge is 2.25. The fraction of sp³-hybridized carbons (Fsp3) is 0.400. The van der Waals surface area contributed by atoms with E-state index in [9.17, 15) is 12.3 Å². The Morgan fingerprint density at radius 3 is 2.88 bits per heavy atom. The summed E-state index contributed by atoms with van der Waals surface area (Å²) >= 11 is 0. The molecule has 7 heteroatoms. The number of fused-ring (bicyclic) bond motifs is 1. The Morgan fingerprint density at radius 1 is 1.47 bits per heavy atom. The van der Waals surface area contributed by atoms with Crippen LogP contribution in [-0.4, -0.2) is 33.0 Å². The topological polar surface area (TPSA) is 55.8 Å². The number of nitrogens with zero attached hydrogens (tertiary/aromatic N) is 1. The van der Waals surface area contributed by atoms with Crippen LogP contribution in [-0.2, 0) is 17.0 Å². The largest absolute Gasteiger partial charge is 0.497 e. The van der Waals surface area contributed by atoms with Gasteiger partial charge >= 0.3 is 10.4 Å². The first kappa shape index (κ1) is 12.1. The molecule has 1 aromatic carbocycles. The van der Waals surface area contributed by atoms with Crippen LogP contribution in [0.25, 0.3) is 0 Å². The number of methoxy groups -OCH3 is 1. The van der Waals surface area contributed by atoms with Crippen molar-refractivity contribution >= 4 is 10.4 Å². The van der Waals surface area contributed by atoms with E-state index in [0.29, 0.717) is 17.1 Å². The van der Waals surface area contributed by atoms with Crippen LogP contribution in [0.5, 0.6) is 11.5 Å². The van der Waals surface area contributed by atoms with Crippen LogP contribution in [0.2, 0.25) is 0 Å². The molecule has 1 heterocycles. The molecule has 0 aromatic heterocycles. The smallest absolute Gasteiger partial charge is 0.375 e. The van der Waals surface area contributed by atoms with E-state index in [1.54, 1.807) is 18.2 Å². The Hall–Kier alpha value is -1.34. The molecule has 0 fully saturated rings. The third kappa shape index (κ3) is 2.67. The maximum Gasteiger partial charge on any atom is 0.375 e. The third-order valence-corrected chi connectivity index (χ3v) is 3.45. The molecule has 2 rings (SSSR count). The fourth-order valence-corrected chi connectivity index (χ4v) is 2.25. The molecular formula is C10H12FNO4S. The lowest BCUT2D eigenvalue weighted by atomic mass is 10.2. The zero-order chi connectivity index (χ0) is 12.5. The summed E-state index contributed by atoms with van der Waals surface area (Å²) in [4.78, 5) is 0. The van der Waals surface area contributed by atoms with E-state index in [0.717, 1.165) is 4.31 Å². The van der Waals surface area contributed by atoms with Crippen molar-refractivity contribution in [2.24, 2.45) is 0 Å². The lowest BCUT2D eigenvalue weighted by Gasteiger charge is -2.13. The van der Waals surface area contributed by atoms with Crippen LogP contribution in [0, 0.1) is 0 Å². The first-order valence-electron chi connectivity index (χ1n) is 5.00. The van der Waals surface area contributed by atoms with Gasteiger partial charge in [-0.1, -0.05) is 3.89 Å². The highest BCUT2D eigenvalue weighted by atomic mass is 32.3. The lowest BCUT2D eigenvalue weighted by molar-refractivity contribution is 0.287. The Morgan fingerprint density at radius 2 is 2.24 bits per heavy atom. The van der Waals surface area contributed by atoms with E-state index in [1.165, 1.54) is 7.11 Å². The Labute approximate surface area is 99.1 Å². The first-order valence-corrected chi connectivity index (χ1v) is 6.34. The van der Waals surface area contributed by atoms with Crippen molar-refractivity contribution in [3.63, 3.8) is 0 Å². The molecule has 5 nitrogen and oxygen atoms in total. The van der Waals surface area contributed by atoms with Crippen LogP contribution in [0.3, 0.4) is 0 Å². The van der Waals surface area contributed by atoms with Gasteiger partial charge in [-0.3, -0.25) is 0 Å². The molecule has 0 saturated heterocycles. The SMILES string of the molecule is COc1ccc2c(c1)CN(S(=O)(=O)F)CCO2. The molecule has 0 unspecified atom stereocenters. The van der Waals surface area contributed by atoms with Gasteiger partial charge in [0.25, 0.3) is 0 Å². The second kappa shape index (κ2) is 4.50. The molecule has 1 aliphatic heterocycles. The van der Waals surface area contributed by atoms with E-state index in [-0.39, 0.29) is 19.7 Å². The first-order chi connectivity index (χ1) is 8.00. The van der Waals surface area contributed by atoms with E-state index in [2.05, 4.69) is 0 Å². The van der Waals surface area contributed by atoms with Gasteiger partial charge in [0, 0.05) is 12.1 Å². The number of ether oxygens (including phenoxy) is 2. The van der Waals surface area contributed by atoms with Crippen molar-refractivity contribution < 1.29 is 21.8 Å². The monoisotopic (exact) mass is 261 g/mol. The average Bonchev–Trinajstić information content (AvgIpc) is 2.49. The van der Waals surface area contributed by atoms with Gasteiger partial charge in [-0.05, 0) is 18.2 Å². The van der Waals surface area contributed by atoms with Gasteiger partial charge in [-0.15, -0.1) is 0 Å². The molecule has 0 aliphatic carbocycles. The highest BCUT2D eigenvalue weighted by molar-refractivity contribution is 7.83. The summed E-state index contributed by atoms with van der Waals surface area (Å²) in [6.07, 6.45) is 0. The summed E-state index contributed by atoms with van der Waals surface area (Å²) in [6.45, 7) is 0.0731. The number of halogens is 1. The summed E-state index contributed by atoms with van der Waals surface area (Å²) in [7, 11) is -3.20. The van der Waals surface area contributed by atoms with Crippen molar-refractivity contribution in [2.45, 2.75) is 6.54 Å². The third-order valence-electron chi connectivity index (χ3n) is 2.52. The van der Waals surface area contributed by atoms with E-state index in [4.69, 9.17) is 9.47 Å². The summed E-state index contributed by atoms with van der Waals surface area (Å²) in [5, 5.41) is 0. The predicted octanol–water partition coefficient (Wildman–Crippen LogP) is 1.10. The van der Waals surface area contributed by atoms with Crippen LogP contribution < -0.4 is 9.47 Å². The quantitative estimate of drug-likeness (QED) is 0.748. The van der Waals surface area contributed by atoms with E-state index in [1.807, 2.05) is 0 Å². The maximum absolute atomic E-state index is 12.9. The molecule has 1 aliphatic rings. The van der Waals surface area contributed by atoms with Crippen molar-refractivity contribution in [2.75, 3.05) is 20.3 Å². The molecule has 0 bridgehead atoms. The van der Waals surface area contributed by atoms with E-state index >= 15 is 0 Å². The second-order valence-electron chi connectivity index (χ2n) is 3.60. The summed E-state index contributed by atoms with van der Waals surface area (Å²) in [6, 6.07) is 5.03. The number of hydrogen-bond donors (Lipinski definition) is 0. The average molecular weight is 261 g/mol. The van der Waals surface area contributed by atoms with Gasteiger partial charge in [0.15, 0.2) is 0 Å². The lowest BCUT2D eigenvalue weighted by Crippen LogP contribution is -2.29. The zero-order valence-corrected chi connectivity index (χ0v) is 10.0. The van der Waals surface area contributed by atoms with Crippen LogP contribution in [0.15, 0.2) is 18.2 Å². The van der Waals surface area contributed by atoms with Crippen molar-refractivity contribution in [3.05, 3.63) is 23.8 Å². The van der Waals surface area contributed by atoms with Gasteiger partial charge in [-0.2, -0.15) is 12.7 Å². The number of rotatable bonds is 2. The molecule has 0 atom stereocenters. The second-order valence-corrected chi connectivity index (χ2v) is 4.94. The Kier molecular flexibility index (Phi) is 3.21. The summed E-state index contributed by atoms with van der Waals surface area (Å²) in [5.41, 5.74) is 0.586. The van der Waals surface area contributed by atoms with Crippen molar-refractivity contribution in [1.29, 1.82) is 0 Å². The van der Waals surface area contributed by atoms with Gasteiger partial charge < -0.3 is 9.47 Å². The zero-order valence-electron chi connectivity index (χ0n) is 9.22. The fourth-order valence-electron chi connectivity index (χ4n) is 1.66. The predicted molar refractivity (Wildman–Crippen MR) is 58.9 cm³/mol. The normalized spacial score (nSPS) is 16.8. The van der Waals surface area contributed by atoms with Crippen LogP contribution in [0.4, 0.5) is 3.89 Å². The maximum atomic E-state index is 12.9. The molecule has 94 valence electrons. The van der Waals surface area contributed by atoms with Crippen molar-refractivity contribution in [3.8, 4) is 11.5 Å². The molecule has 0 amide bonds. The molecule has 0 radical (unpaired) electrons. The molecular weight excluding hydrogens is 249 g/mol. The highest BCUT2D eigenvalue weighted by Crippen LogP contribution is 2.28. The molecule has 0 N–H and O–H groups in total.